The van der Waals surface area contributed by atoms with Gasteiger partial charge in [0.1, 0.15) is 18.7 Å². The van der Waals surface area contributed by atoms with Gasteiger partial charge in [0, 0.05) is 36.7 Å². The van der Waals surface area contributed by atoms with E-state index in [0.717, 1.165) is 21.9 Å². The fraction of sp³-hybridized carbons (Fsp3) is 0.293. The van der Waals surface area contributed by atoms with Crippen LogP contribution in [-0.2, 0) is 33.8 Å². The number of amides is 3. The first-order valence-electron chi connectivity index (χ1n) is 17.4. The van der Waals surface area contributed by atoms with Crippen LogP contribution in [0.1, 0.15) is 53.9 Å². The molecular formula is C41H45N5O6. The van der Waals surface area contributed by atoms with Crippen LogP contribution in [0.4, 0.5) is 4.79 Å². The molecule has 4 aromatic carbocycles. The van der Waals surface area contributed by atoms with Crippen molar-refractivity contribution in [3.63, 3.8) is 0 Å². The van der Waals surface area contributed by atoms with Crippen LogP contribution in [-0.4, -0.2) is 63.0 Å². The number of aromatic amines is 1. The lowest BCUT2D eigenvalue weighted by atomic mass is 9.94. The Morgan fingerprint density at radius 2 is 1.42 bits per heavy atom. The summed E-state index contributed by atoms with van der Waals surface area (Å²) in [7, 11) is 0. The molecule has 5 rings (SSSR count). The summed E-state index contributed by atoms with van der Waals surface area (Å²) in [6.45, 7) is 3.91. The number of fused-ring (bicyclic) bond motifs is 1. The fourth-order valence-electron chi connectivity index (χ4n) is 6.08. The Labute approximate surface area is 303 Å². The molecule has 1 heterocycles. The van der Waals surface area contributed by atoms with E-state index in [1.165, 1.54) is 6.33 Å². The predicted molar refractivity (Wildman–Crippen MR) is 198 cm³/mol. The van der Waals surface area contributed by atoms with E-state index < -0.39 is 42.1 Å². The Bertz CT molecular complexity index is 1910. The van der Waals surface area contributed by atoms with E-state index in [0.29, 0.717) is 17.7 Å². The van der Waals surface area contributed by atoms with E-state index in [-0.39, 0.29) is 37.6 Å². The molecule has 0 saturated heterocycles. The zero-order valence-electron chi connectivity index (χ0n) is 29.3. The highest BCUT2D eigenvalue weighted by molar-refractivity contribution is 5.96. The molecule has 0 spiro atoms. The van der Waals surface area contributed by atoms with E-state index in [1.807, 2.05) is 86.6 Å². The van der Waals surface area contributed by atoms with Gasteiger partial charge in [0.25, 0.3) is 0 Å². The number of hydrogen-bond acceptors (Lipinski definition) is 7. The minimum absolute atomic E-state index is 0.00642. The number of H-pyrrole nitrogens is 1. The van der Waals surface area contributed by atoms with E-state index in [1.54, 1.807) is 36.5 Å². The van der Waals surface area contributed by atoms with Gasteiger partial charge < -0.3 is 30.8 Å². The molecular weight excluding hydrogens is 658 g/mol. The minimum Gasteiger partial charge on any atom is -0.445 e. The van der Waals surface area contributed by atoms with Crippen LogP contribution < -0.4 is 16.0 Å². The largest absolute Gasteiger partial charge is 0.445 e. The Kier molecular flexibility index (Phi) is 13.3. The Balaban J connectivity index is 1.36. The molecule has 3 amide bonds. The lowest BCUT2D eigenvalue weighted by molar-refractivity contribution is -0.130. The first kappa shape index (κ1) is 37.4. The van der Waals surface area contributed by atoms with Crippen LogP contribution >= 0.6 is 0 Å². The first-order chi connectivity index (χ1) is 25.2. The maximum absolute atomic E-state index is 14.2. The van der Waals surface area contributed by atoms with Gasteiger partial charge in [0.2, 0.25) is 11.8 Å². The molecule has 0 fully saturated rings. The minimum atomic E-state index is -1.18. The van der Waals surface area contributed by atoms with Crippen molar-refractivity contribution in [2.45, 2.75) is 70.4 Å². The van der Waals surface area contributed by atoms with Gasteiger partial charge in [-0.05, 0) is 34.2 Å². The number of hydrogen-bond donors (Lipinski definition) is 5. The van der Waals surface area contributed by atoms with Crippen LogP contribution in [0, 0.1) is 5.92 Å². The Hall–Kier alpha value is -5.81. The van der Waals surface area contributed by atoms with Crippen molar-refractivity contribution in [2.24, 2.45) is 5.92 Å². The van der Waals surface area contributed by atoms with Gasteiger partial charge >= 0.3 is 6.09 Å². The quantitative estimate of drug-likeness (QED) is 0.0822. The molecule has 0 radical (unpaired) electrons. The van der Waals surface area contributed by atoms with Crippen LogP contribution in [0.3, 0.4) is 0 Å². The zero-order chi connectivity index (χ0) is 36.9. The fourth-order valence-corrected chi connectivity index (χ4v) is 6.08. The van der Waals surface area contributed by atoms with Crippen molar-refractivity contribution in [3.8, 4) is 0 Å². The number of aromatic nitrogens is 2. The number of aliphatic hydroxyl groups excluding tert-OH is 1. The van der Waals surface area contributed by atoms with Crippen LogP contribution in [0.15, 0.2) is 116 Å². The summed E-state index contributed by atoms with van der Waals surface area (Å²) in [4.78, 5) is 61.3. The third-order valence-electron chi connectivity index (χ3n) is 8.74. The second kappa shape index (κ2) is 18.4. The number of imidazole rings is 1. The molecule has 4 atom stereocenters. The Morgan fingerprint density at radius 1 is 0.769 bits per heavy atom. The maximum atomic E-state index is 14.2. The summed E-state index contributed by atoms with van der Waals surface area (Å²) in [5.41, 5.74) is 2.65. The molecule has 270 valence electrons. The van der Waals surface area contributed by atoms with Crippen molar-refractivity contribution in [2.75, 3.05) is 0 Å². The van der Waals surface area contributed by atoms with Crippen LogP contribution in [0.25, 0.3) is 10.8 Å². The van der Waals surface area contributed by atoms with Crippen molar-refractivity contribution >= 4 is 34.5 Å². The van der Waals surface area contributed by atoms with E-state index in [9.17, 15) is 24.3 Å². The highest BCUT2D eigenvalue weighted by Crippen LogP contribution is 2.21. The van der Waals surface area contributed by atoms with Crippen LogP contribution in [0.2, 0.25) is 0 Å². The zero-order valence-corrected chi connectivity index (χ0v) is 29.3. The number of carbonyl (C=O) groups excluding carboxylic acids is 4. The molecule has 0 saturated carbocycles. The second-order valence-corrected chi connectivity index (χ2v) is 13.2. The third kappa shape index (κ3) is 10.8. The number of Topliss-reactive ketones (excluding diaryl/α,β-unsaturated/α-hetero) is 1. The number of benzene rings is 4. The summed E-state index contributed by atoms with van der Waals surface area (Å²) in [5, 5.41) is 21.6. The number of nitrogens with one attached hydrogen (secondary N) is 4. The number of aliphatic hydroxyl groups is 1. The van der Waals surface area contributed by atoms with E-state index in [2.05, 4.69) is 25.9 Å². The SMILES string of the molecule is CC(C)C[C@H](NC(=O)[C@H](Cc1cnc[nH]1)NC(=O)[C@H](Cc1cccc2ccccc12)NC(=O)OCc1ccccc1)[C@@H](O)CC(=O)c1ccccc1. The molecule has 52 heavy (non-hydrogen) atoms. The molecule has 0 aliphatic rings. The van der Waals surface area contributed by atoms with Crippen molar-refractivity contribution in [3.05, 3.63) is 138 Å². The Morgan fingerprint density at radius 3 is 2.13 bits per heavy atom. The number of alkyl carbamates (subject to hydrolysis) is 1. The highest BCUT2D eigenvalue weighted by Gasteiger charge is 2.32. The van der Waals surface area contributed by atoms with Crippen molar-refractivity contribution in [1.82, 2.24) is 25.9 Å². The molecule has 0 unspecified atom stereocenters. The molecule has 0 bridgehead atoms. The number of rotatable bonds is 17. The van der Waals surface area contributed by atoms with Crippen molar-refractivity contribution in [1.29, 1.82) is 0 Å². The first-order valence-corrected chi connectivity index (χ1v) is 17.4. The number of ether oxygens (including phenoxy) is 1. The highest BCUT2D eigenvalue weighted by atomic mass is 16.5. The average molecular weight is 704 g/mol. The molecule has 11 nitrogen and oxygen atoms in total. The lowest BCUT2D eigenvalue weighted by Crippen LogP contribution is -2.57. The topological polar surface area (TPSA) is 163 Å². The van der Waals surface area contributed by atoms with Gasteiger partial charge in [-0.1, -0.05) is 117 Å². The summed E-state index contributed by atoms with van der Waals surface area (Å²) >= 11 is 0. The van der Waals surface area contributed by atoms with Gasteiger partial charge in [0.05, 0.1) is 18.5 Å². The molecule has 0 aliphatic carbocycles. The van der Waals surface area contributed by atoms with E-state index in [4.69, 9.17) is 4.74 Å². The average Bonchev–Trinajstić information content (AvgIpc) is 3.67. The molecule has 0 aliphatic heterocycles. The molecule has 11 heteroatoms. The van der Waals surface area contributed by atoms with Crippen molar-refractivity contribution < 1.29 is 29.0 Å². The summed E-state index contributed by atoms with van der Waals surface area (Å²) < 4.78 is 5.47. The normalized spacial score (nSPS) is 13.5. The van der Waals surface area contributed by atoms with Gasteiger partial charge in [-0.15, -0.1) is 0 Å². The standard InChI is InChI=1S/C41H45N5O6/c1-27(2)20-34(38(48)23-37(47)30-15-7-4-8-16-30)44-40(50)36(22-32-24-42-26-43-32)45-39(49)35(46-41(51)52-25-28-12-5-3-6-13-28)21-31-18-11-17-29-14-9-10-19-33(29)31/h3-19,24,26-27,34-36,38,48H,20-23,25H2,1-2H3,(H,42,43)(H,44,50)(H,45,49)(H,46,51)/t34-,35-,36-,38-/m0/s1. The summed E-state index contributed by atoms with van der Waals surface area (Å²) in [6, 6.07) is 28.3. The monoisotopic (exact) mass is 703 g/mol. The third-order valence-corrected chi connectivity index (χ3v) is 8.74. The summed E-state index contributed by atoms with van der Waals surface area (Å²) in [5.74, 6) is -1.34. The van der Waals surface area contributed by atoms with Crippen LogP contribution in [0.5, 0.6) is 0 Å². The predicted octanol–water partition coefficient (Wildman–Crippen LogP) is 5.29. The summed E-state index contributed by atoms with van der Waals surface area (Å²) in [6.07, 6.45) is 1.41. The molecule has 5 N–H and O–H groups in total. The molecule has 5 aromatic rings. The number of carbonyl (C=O) groups is 4. The lowest BCUT2D eigenvalue weighted by Gasteiger charge is -2.29. The van der Waals surface area contributed by atoms with Gasteiger partial charge in [0.15, 0.2) is 5.78 Å². The molecule has 1 aromatic heterocycles. The maximum Gasteiger partial charge on any atom is 0.408 e. The van der Waals surface area contributed by atoms with E-state index >= 15 is 0 Å². The number of nitrogens with zero attached hydrogens (tertiary/aromatic N) is 1. The smallest absolute Gasteiger partial charge is 0.408 e. The van der Waals surface area contributed by atoms with Gasteiger partial charge in [-0.2, -0.15) is 0 Å². The second-order valence-electron chi connectivity index (χ2n) is 13.2. The van der Waals surface area contributed by atoms with Gasteiger partial charge in [-0.25, -0.2) is 9.78 Å². The number of ketones is 1. The van der Waals surface area contributed by atoms with Gasteiger partial charge in [-0.3, -0.25) is 14.4 Å².